The summed E-state index contributed by atoms with van der Waals surface area (Å²) in [4.78, 5) is 25.0. The van der Waals surface area contributed by atoms with E-state index in [0.717, 1.165) is 12.8 Å². The van der Waals surface area contributed by atoms with Crippen LogP contribution in [0.25, 0.3) is 0 Å². The highest BCUT2D eigenvalue weighted by atomic mass is 35.5. The molecule has 4 atom stereocenters. The molecule has 3 N–H and O–H groups in total. The van der Waals surface area contributed by atoms with E-state index in [4.69, 9.17) is 5.73 Å². The average molecular weight is 290 g/mol. The minimum atomic E-state index is -0.0294. The highest BCUT2D eigenvalue weighted by Gasteiger charge is 2.48. The smallest absolute Gasteiger partial charge is 0.224 e. The Kier molecular flexibility index (Phi) is 5.62. The molecule has 110 valence electrons. The van der Waals surface area contributed by atoms with E-state index in [2.05, 4.69) is 5.32 Å². The van der Waals surface area contributed by atoms with Crippen LogP contribution in [-0.2, 0) is 9.59 Å². The van der Waals surface area contributed by atoms with Gasteiger partial charge in [0.2, 0.25) is 11.8 Å². The number of hydrogen-bond acceptors (Lipinski definition) is 3. The molecule has 0 aromatic carbocycles. The molecule has 2 amide bonds. The van der Waals surface area contributed by atoms with Gasteiger partial charge in [-0.3, -0.25) is 9.59 Å². The van der Waals surface area contributed by atoms with Gasteiger partial charge in [-0.05, 0) is 31.1 Å². The summed E-state index contributed by atoms with van der Waals surface area (Å²) in [7, 11) is 3.44. The number of hydrogen-bond donors (Lipinski definition) is 2. The minimum absolute atomic E-state index is 0. The van der Waals surface area contributed by atoms with Crippen LogP contribution < -0.4 is 11.1 Å². The normalized spacial score (nSPS) is 31.7. The quantitative estimate of drug-likeness (QED) is 0.785. The standard InChI is InChI=1S/C13H23N3O2.ClH/c1-16(2)10(17)5-6-15-13(18)11-8-3-4-9(7-8)12(11)14;/h8-9,11-12H,3-7,14H2,1-2H3,(H,15,18);1H. The first-order chi connectivity index (χ1) is 8.50. The SMILES string of the molecule is CN(C)C(=O)CCNC(=O)C1C2CCC(C2)C1N.Cl. The van der Waals surface area contributed by atoms with Crippen LogP contribution in [0.1, 0.15) is 25.7 Å². The molecule has 2 fully saturated rings. The number of rotatable bonds is 4. The molecule has 0 saturated heterocycles. The number of halogens is 1. The third-order valence-electron chi connectivity index (χ3n) is 4.42. The Bertz CT molecular complexity index is 347. The summed E-state index contributed by atoms with van der Waals surface area (Å²) in [6.07, 6.45) is 3.77. The number of nitrogens with two attached hydrogens (primary N) is 1. The van der Waals surface area contributed by atoms with E-state index in [1.165, 1.54) is 11.3 Å². The first-order valence-corrected chi connectivity index (χ1v) is 6.74. The molecule has 4 unspecified atom stereocenters. The Morgan fingerprint density at radius 3 is 2.42 bits per heavy atom. The zero-order valence-electron chi connectivity index (χ0n) is 11.6. The van der Waals surface area contributed by atoms with Crippen LogP contribution in [0.15, 0.2) is 0 Å². The highest BCUT2D eigenvalue weighted by molar-refractivity contribution is 5.85. The van der Waals surface area contributed by atoms with Crippen LogP contribution in [-0.4, -0.2) is 43.4 Å². The first-order valence-electron chi connectivity index (χ1n) is 6.74. The summed E-state index contributed by atoms with van der Waals surface area (Å²) in [5.74, 6) is 1.05. The Morgan fingerprint density at radius 1 is 1.26 bits per heavy atom. The van der Waals surface area contributed by atoms with Crippen molar-refractivity contribution in [3.05, 3.63) is 0 Å². The van der Waals surface area contributed by atoms with Gasteiger partial charge in [-0.1, -0.05) is 0 Å². The zero-order chi connectivity index (χ0) is 13.3. The van der Waals surface area contributed by atoms with Gasteiger partial charge < -0.3 is 16.0 Å². The van der Waals surface area contributed by atoms with Gasteiger partial charge in [-0.2, -0.15) is 0 Å². The van der Waals surface area contributed by atoms with Crippen LogP contribution in [0.5, 0.6) is 0 Å². The molecule has 0 heterocycles. The fourth-order valence-corrected chi connectivity index (χ4v) is 3.36. The van der Waals surface area contributed by atoms with Gasteiger partial charge in [-0.15, -0.1) is 12.4 Å². The summed E-state index contributed by atoms with van der Waals surface area (Å²) in [5.41, 5.74) is 6.11. The van der Waals surface area contributed by atoms with E-state index >= 15 is 0 Å². The maximum Gasteiger partial charge on any atom is 0.224 e. The van der Waals surface area contributed by atoms with E-state index in [1.807, 2.05) is 0 Å². The molecule has 0 aromatic rings. The minimum Gasteiger partial charge on any atom is -0.355 e. The van der Waals surface area contributed by atoms with E-state index in [1.54, 1.807) is 14.1 Å². The van der Waals surface area contributed by atoms with Gasteiger partial charge >= 0.3 is 0 Å². The lowest BCUT2D eigenvalue weighted by atomic mass is 9.84. The van der Waals surface area contributed by atoms with E-state index < -0.39 is 0 Å². The van der Waals surface area contributed by atoms with Crippen molar-refractivity contribution in [2.45, 2.75) is 31.7 Å². The van der Waals surface area contributed by atoms with E-state index in [0.29, 0.717) is 24.8 Å². The second kappa shape index (κ2) is 6.57. The summed E-state index contributed by atoms with van der Waals surface area (Å²) >= 11 is 0. The van der Waals surface area contributed by atoms with Gasteiger partial charge in [0.15, 0.2) is 0 Å². The van der Waals surface area contributed by atoms with Gasteiger partial charge in [0.05, 0.1) is 5.92 Å². The fraction of sp³-hybridized carbons (Fsp3) is 0.846. The van der Waals surface area contributed by atoms with Crippen LogP contribution in [0, 0.1) is 17.8 Å². The summed E-state index contributed by atoms with van der Waals surface area (Å²) < 4.78 is 0. The molecule has 2 rings (SSSR count). The molecule has 5 nitrogen and oxygen atoms in total. The van der Waals surface area contributed by atoms with Crippen molar-refractivity contribution in [2.75, 3.05) is 20.6 Å². The topological polar surface area (TPSA) is 75.4 Å². The van der Waals surface area contributed by atoms with Crippen molar-refractivity contribution in [1.29, 1.82) is 0 Å². The summed E-state index contributed by atoms with van der Waals surface area (Å²) in [6, 6.07) is 0.0216. The molecule has 2 saturated carbocycles. The molecule has 0 radical (unpaired) electrons. The number of nitrogens with one attached hydrogen (secondary N) is 1. The monoisotopic (exact) mass is 289 g/mol. The molecular formula is C13H24ClN3O2. The van der Waals surface area contributed by atoms with Crippen LogP contribution in [0.3, 0.4) is 0 Å². The zero-order valence-corrected chi connectivity index (χ0v) is 12.4. The third-order valence-corrected chi connectivity index (χ3v) is 4.42. The second-order valence-corrected chi connectivity index (χ2v) is 5.77. The first kappa shape index (κ1) is 16.2. The number of nitrogens with zero attached hydrogens (tertiary/aromatic N) is 1. The number of carbonyl (C=O) groups is 2. The lowest BCUT2D eigenvalue weighted by Gasteiger charge is -2.27. The summed E-state index contributed by atoms with van der Waals surface area (Å²) in [5, 5.41) is 2.86. The Morgan fingerprint density at radius 2 is 1.89 bits per heavy atom. The Balaban J connectivity index is 0.00000180. The van der Waals surface area contributed by atoms with Crippen LogP contribution in [0.4, 0.5) is 0 Å². The predicted octanol–water partition coefficient (Wildman–Crippen LogP) is 0.376. The van der Waals surface area contributed by atoms with Crippen molar-refractivity contribution in [1.82, 2.24) is 10.2 Å². The van der Waals surface area contributed by atoms with Gasteiger partial charge in [-0.25, -0.2) is 0 Å². The van der Waals surface area contributed by atoms with Crippen molar-refractivity contribution in [3.8, 4) is 0 Å². The molecule has 2 aliphatic rings. The Labute approximate surface area is 120 Å². The molecule has 0 aliphatic heterocycles. The molecule has 2 aliphatic carbocycles. The van der Waals surface area contributed by atoms with Crippen molar-refractivity contribution >= 4 is 24.2 Å². The number of amides is 2. The molecule has 6 heteroatoms. The van der Waals surface area contributed by atoms with Gasteiger partial charge in [0, 0.05) is 33.1 Å². The lowest BCUT2D eigenvalue weighted by Crippen LogP contribution is -2.45. The molecule has 0 aromatic heterocycles. The Hall–Kier alpha value is -0.810. The lowest BCUT2D eigenvalue weighted by molar-refractivity contribution is -0.129. The maximum atomic E-state index is 12.1. The van der Waals surface area contributed by atoms with Gasteiger partial charge in [0.1, 0.15) is 0 Å². The van der Waals surface area contributed by atoms with Crippen molar-refractivity contribution in [2.24, 2.45) is 23.5 Å². The van der Waals surface area contributed by atoms with E-state index in [9.17, 15) is 9.59 Å². The second-order valence-electron chi connectivity index (χ2n) is 5.77. The third kappa shape index (κ3) is 3.39. The van der Waals surface area contributed by atoms with Crippen molar-refractivity contribution in [3.63, 3.8) is 0 Å². The van der Waals surface area contributed by atoms with Crippen molar-refractivity contribution < 1.29 is 9.59 Å². The van der Waals surface area contributed by atoms with Crippen LogP contribution >= 0.6 is 12.4 Å². The average Bonchev–Trinajstić information content (AvgIpc) is 2.88. The molecule has 2 bridgehead atoms. The van der Waals surface area contributed by atoms with Gasteiger partial charge in [0.25, 0.3) is 0 Å². The highest BCUT2D eigenvalue weighted by Crippen LogP contribution is 2.47. The molecule has 0 spiro atoms. The molecule has 19 heavy (non-hydrogen) atoms. The number of fused-ring (bicyclic) bond motifs is 2. The number of carbonyl (C=O) groups excluding carboxylic acids is 2. The summed E-state index contributed by atoms with van der Waals surface area (Å²) in [6.45, 7) is 0.413. The maximum absolute atomic E-state index is 12.1. The molecular weight excluding hydrogens is 266 g/mol. The predicted molar refractivity (Wildman–Crippen MR) is 75.9 cm³/mol. The largest absolute Gasteiger partial charge is 0.355 e. The fourth-order valence-electron chi connectivity index (χ4n) is 3.36. The van der Waals surface area contributed by atoms with Crippen LogP contribution in [0.2, 0.25) is 0 Å². The van der Waals surface area contributed by atoms with E-state index in [-0.39, 0.29) is 36.2 Å².